The number of hydrogen-bond acceptors (Lipinski definition) is 1. The quantitative estimate of drug-likeness (QED) is 0.467. The molecule has 5 aliphatic carbocycles. The van der Waals surface area contributed by atoms with Crippen molar-refractivity contribution in [2.45, 2.75) is 132 Å². The van der Waals surface area contributed by atoms with Gasteiger partial charge >= 0.3 is 0 Å². The van der Waals surface area contributed by atoms with Crippen molar-refractivity contribution in [3.05, 3.63) is 0 Å². The van der Waals surface area contributed by atoms with Gasteiger partial charge in [0.25, 0.3) is 0 Å². The number of hydrogen-bond donors (Lipinski definition) is 1. The zero-order chi connectivity index (χ0) is 22.4. The molecule has 5 rings (SSSR count). The molecule has 5 fully saturated rings. The normalized spacial score (nSPS) is 53.3. The molecule has 1 N–H and O–H groups in total. The van der Waals surface area contributed by atoms with Crippen LogP contribution in [0.1, 0.15) is 126 Å². The fourth-order valence-electron chi connectivity index (χ4n) is 11.3. The van der Waals surface area contributed by atoms with Crippen LogP contribution in [0.4, 0.5) is 0 Å². The van der Waals surface area contributed by atoms with Gasteiger partial charge in [0.05, 0.1) is 6.10 Å². The van der Waals surface area contributed by atoms with Crippen molar-refractivity contribution in [2.75, 3.05) is 0 Å². The van der Waals surface area contributed by atoms with Gasteiger partial charge in [0.1, 0.15) is 0 Å². The Morgan fingerprint density at radius 1 is 0.742 bits per heavy atom. The van der Waals surface area contributed by atoms with Crippen LogP contribution in [0.25, 0.3) is 0 Å². The van der Waals surface area contributed by atoms with Gasteiger partial charge in [-0.1, -0.05) is 67.7 Å². The van der Waals surface area contributed by atoms with Crippen LogP contribution in [0.15, 0.2) is 0 Å². The Balaban J connectivity index is 1.39. The molecule has 0 saturated heterocycles. The van der Waals surface area contributed by atoms with Gasteiger partial charge < -0.3 is 5.11 Å². The Morgan fingerprint density at radius 2 is 1.42 bits per heavy atom. The molecule has 5 aliphatic rings. The number of aliphatic hydroxyl groups excluding tert-OH is 1. The number of aliphatic hydroxyl groups is 1. The van der Waals surface area contributed by atoms with Crippen LogP contribution in [0.3, 0.4) is 0 Å². The van der Waals surface area contributed by atoms with Crippen LogP contribution < -0.4 is 0 Å². The molecule has 9 atom stereocenters. The average Bonchev–Trinajstić information content (AvgIpc) is 3.27. The summed E-state index contributed by atoms with van der Waals surface area (Å²) in [5, 5.41) is 10.8. The van der Waals surface area contributed by atoms with Crippen LogP contribution in [-0.2, 0) is 0 Å². The van der Waals surface area contributed by atoms with E-state index in [1.807, 2.05) is 0 Å². The second-order valence-electron chi connectivity index (χ2n) is 14.8. The van der Waals surface area contributed by atoms with Crippen LogP contribution in [0.5, 0.6) is 0 Å². The van der Waals surface area contributed by atoms with Gasteiger partial charge in [0, 0.05) is 0 Å². The molecule has 2 unspecified atom stereocenters. The van der Waals surface area contributed by atoms with E-state index in [1.165, 1.54) is 70.6 Å². The van der Waals surface area contributed by atoms with Crippen LogP contribution in [-0.4, -0.2) is 11.2 Å². The van der Waals surface area contributed by atoms with Gasteiger partial charge in [-0.25, -0.2) is 0 Å². The molecule has 0 aromatic rings. The Kier molecular flexibility index (Phi) is 5.13. The summed E-state index contributed by atoms with van der Waals surface area (Å²) in [5.74, 6) is 4.41. The van der Waals surface area contributed by atoms with E-state index in [9.17, 15) is 5.11 Å². The zero-order valence-electron chi connectivity index (χ0n) is 21.9. The lowest BCUT2D eigenvalue weighted by atomic mass is 9.41. The molecule has 0 radical (unpaired) electrons. The van der Waals surface area contributed by atoms with E-state index in [0.717, 1.165) is 36.0 Å². The summed E-state index contributed by atoms with van der Waals surface area (Å²) in [6, 6.07) is 0. The lowest BCUT2D eigenvalue weighted by Crippen LogP contribution is -2.57. The molecule has 1 heteroatoms. The molecule has 2 spiro atoms. The second kappa shape index (κ2) is 6.99. The summed E-state index contributed by atoms with van der Waals surface area (Å²) in [6.45, 7) is 17.7. The fraction of sp³-hybridized carbons (Fsp3) is 1.00. The minimum absolute atomic E-state index is 0.0793. The van der Waals surface area contributed by atoms with Gasteiger partial charge in [-0.05, 0) is 114 Å². The predicted molar refractivity (Wildman–Crippen MR) is 131 cm³/mol. The SMILES string of the molecule is CC(C)CCC[C@@H](C)[C@H]1CC[C@@]2(C)C3CCC4C(C)(C)[C@@H](O)CC[C@@]45C[C@@]35CC[C@]12C. The summed E-state index contributed by atoms with van der Waals surface area (Å²) in [6.07, 6.45) is 16.9. The molecule has 5 saturated carbocycles. The zero-order valence-corrected chi connectivity index (χ0v) is 21.9. The first-order valence-electron chi connectivity index (χ1n) is 14.1. The topological polar surface area (TPSA) is 20.2 Å². The summed E-state index contributed by atoms with van der Waals surface area (Å²) >= 11 is 0. The van der Waals surface area contributed by atoms with E-state index in [-0.39, 0.29) is 11.5 Å². The number of fused-ring (bicyclic) bond motifs is 2. The van der Waals surface area contributed by atoms with Crippen molar-refractivity contribution in [3.8, 4) is 0 Å². The highest BCUT2D eigenvalue weighted by molar-refractivity contribution is 5.30. The first-order valence-corrected chi connectivity index (χ1v) is 14.1. The molecule has 0 bridgehead atoms. The Hall–Kier alpha value is -0.0400. The number of rotatable bonds is 5. The average molecular weight is 429 g/mol. The Labute approximate surface area is 193 Å². The third-order valence-electron chi connectivity index (χ3n) is 13.3. The van der Waals surface area contributed by atoms with Crippen LogP contribution in [0, 0.1) is 56.7 Å². The van der Waals surface area contributed by atoms with Gasteiger partial charge in [0.2, 0.25) is 0 Å². The molecule has 0 aliphatic heterocycles. The summed E-state index contributed by atoms with van der Waals surface area (Å²) in [5.41, 5.74) is 2.45. The van der Waals surface area contributed by atoms with Gasteiger partial charge in [-0.15, -0.1) is 0 Å². The molecule has 0 aromatic heterocycles. The molecule has 0 aromatic carbocycles. The Bertz CT molecular complexity index is 709. The minimum Gasteiger partial charge on any atom is -0.393 e. The van der Waals surface area contributed by atoms with Gasteiger partial charge in [-0.3, -0.25) is 0 Å². The van der Waals surface area contributed by atoms with E-state index in [0.29, 0.717) is 21.7 Å². The summed E-state index contributed by atoms with van der Waals surface area (Å²) < 4.78 is 0. The summed E-state index contributed by atoms with van der Waals surface area (Å²) in [4.78, 5) is 0. The largest absolute Gasteiger partial charge is 0.393 e. The smallest absolute Gasteiger partial charge is 0.0594 e. The molecule has 31 heavy (non-hydrogen) atoms. The van der Waals surface area contributed by atoms with E-state index in [4.69, 9.17) is 0 Å². The highest BCUT2D eigenvalue weighted by atomic mass is 16.3. The lowest BCUT2D eigenvalue weighted by Gasteiger charge is -2.63. The highest BCUT2D eigenvalue weighted by Gasteiger charge is 2.82. The third kappa shape index (κ3) is 2.77. The maximum Gasteiger partial charge on any atom is 0.0594 e. The molecule has 178 valence electrons. The van der Waals surface area contributed by atoms with Crippen LogP contribution >= 0.6 is 0 Å². The van der Waals surface area contributed by atoms with Crippen molar-refractivity contribution in [3.63, 3.8) is 0 Å². The van der Waals surface area contributed by atoms with E-state index >= 15 is 0 Å². The Morgan fingerprint density at radius 3 is 2.13 bits per heavy atom. The third-order valence-corrected chi connectivity index (χ3v) is 13.3. The highest BCUT2D eigenvalue weighted by Crippen LogP contribution is 2.89. The molecular formula is C30H52O. The molecule has 1 nitrogen and oxygen atoms in total. The maximum absolute atomic E-state index is 10.8. The molecule has 0 amide bonds. The van der Waals surface area contributed by atoms with E-state index in [2.05, 4.69) is 48.5 Å². The van der Waals surface area contributed by atoms with Crippen molar-refractivity contribution in [1.82, 2.24) is 0 Å². The monoisotopic (exact) mass is 428 g/mol. The molecular weight excluding hydrogens is 376 g/mol. The summed E-state index contributed by atoms with van der Waals surface area (Å²) in [7, 11) is 0. The van der Waals surface area contributed by atoms with Crippen molar-refractivity contribution in [2.24, 2.45) is 56.7 Å². The van der Waals surface area contributed by atoms with E-state index in [1.54, 1.807) is 0 Å². The van der Waals surface area contributed by atoms with Gasteiger partial charge in [-0.2, -0.15) is 0 Å². The van der Waals surface area contributed by atoms with Crippen LogP contribution in [0.2, 0.25) is 0 Å². The first-order chi connectivity index (χ1) is 14.4. The van der Waals surface area contributed by atoms with E-state index < -0.39 is 0 Å². The predicted octanol–water partition coefficient (Wildman–Crippen LogP) is 8.25. The molecule has 0 heterocycles. The fourth-order valence-corrected chi connectivity index (χ4v) is 11.3. The standard InChI is InChI=1S/C30H52O/c1-20(2)9-8-10-21(3)22-13-15-28(7)24-12-11-23-26(4,5)25(31)14-16-29(23)19-30(24,29)18-17-27(22,28)6/h20-25,31H,8-19H2,1-7H3/t21-,22-,23?,24?,25+,27-,28+,29-,30+/m1/s1. The van der Waals surface area contributed by atoms with Crippen molar-refractivity contribution in [1.29, 1.82) is 0 Å². The maximum atomic E-state index is 10.8. The van der Waals surface area contributed by atoms with Crippen molar-refractivity contribution >= 4 is 0 Å². The minimum atomic E-state index is -0.0793. The lowest BCUT2D eigenvalue weighted by molar-refractivity contribution is -0.161. The first kappa shape index (κ1) is 22.7. The van der Waals surface area contributed by atoms with Gasteiger partial charge in [0.15, 0.2) is 0 Å². The van der Waals surface area contributed by atoms with Crippen molar-refractivity contribution < 1.29 is 5.11 Å². The second-order valence-corrected chi connectivity index (χ2v) is 14.8.